The van der Waals surface area contributed by atoms with Gasteiger partial charge in [0.1, 0.15) is 5.83 Å². The monoisotopic (exact) mass is 248 g/mol. The van der Waals surface area contributed by atoms with Crippen LogP contribution in [-0.2, 0) is 0 Å². The molecule has 0 aromatic carbocycles. The van der Waals surface area contributed by atoms with Gasteiger partial charge in [-0.15, -0.1) is 0 Å². The molecule has 0 saturated carbocycles. The van der Waals surface area contributed by atoms with Crippen molar-refractivity contribution < 1.29 is 4.39 Å². The minimum Gasteiger partial charge on any atom is -0.375 e. The molecule has 64 valence electrons. The fraction of sp³-hybridized carbons (Fsp3) is 0. The molecule has 1 rings (SSSR count). The molecule has 2 N–H and O–H groups in total. The molecule has 0 fully saturated rings. The summed E-state index contributed by atoms with van der Waals surface area (Å²) in [6.45, 7) is 6.75. The quantitative estimate of drug-likeness (QED) is 0.810. The number of rotatable bonds is 1. The minimum absolute atomic E-state index is 0.265. The van der Waals surface area contributed by atoms with Crippen LogP contribution in [0.15, 0.2) is 12.4 Å². The van der Waals surface area contributed by atoms with E-state index in [4.69, 9.17) is 5.73 Å². The summed E-state index contributed by atoms with van der Waals surface area (Å²) in [5, 5.41) is 0.830. The summed E-state index contributed by atoms with van der Waals surface area (Å²) in [6, 6.07) is 0. The molecule has 5 heteroatoms. The maximum atomic E-state index is 12.6. The van der Waals surface area contributed by atoms with E-state index in [0.717, 1.165) is 0 Å². The first-order valence-electron chi connectivity index (χ1n) is 2.98. The molecule has 0 atom stereocenters. The number of hydrogen-bond donors (Lipinski definition) is 1. The van der Waals surface area contributed by atoms with Crippen molar-refractivity contribution in [1.29, 1.82) is 0 Å². The Morgan fingerprint density at radius 2 is 2.25 bits per heavy atom. The van der Waals surface area contributed by atoms with Crippen molar-refractivity contribution >= 4 is 43.5 Å². The van der Waals surface area contributed by atoms with E-state index in [1.165, 1.54) is 11.3 Å². The summed E-state index contributed by atoms with van der Waals surface area (Å²) in [4.78, 5) is 3.84. The summed E-state index contributed by atoms with van der Waals surface area (Å²) in [7, 11) is 0. The maximum absolute atomic E-state index is 12.6. The van der Waals surface area contributed by atoms with Crippen molar-refractivity contribution in [2.75, 3.05) is 5.73 Å². The van der Waals surface area contributed by atoms with E-state index >= 15 is 0 Å². The molecule has 0 aliphatic carbocycles. The number of hydrogen-bond acceptors (Lipinski definition) is 3. The third kappa shape index (κ3) is 1.73. The largest absolute Gasteiger partial charge is 0.375 e. The van der Waals surface area contributed by atoms with Crippen molar-refractivity contribution in [3.8, 4) is 0 Å². The second-order valence-corrected chi connectivity index (χ2v) is 3.87. The minimum atomic E-state index is -0.552. The van der Waals surface area contributed by atoms with E-state index in [-0.39, 0.29) is 4.48 Å². The topological polar surface area (TPSA) is 38.9 Å². The molecule has 0 radical (unpaired) electrons. The highest BCUT2D eigenvalue weighted by molar-refractivity contribution is 9.15. The van der Waals surface area contributed by atoms with Crippen LogP contribution in [-0.4, -0.2) is 4.98 Å². The first-order valence-corrected chi connectivity index (χ1v) is 4.59. The number of anilines is 1. The molecule has 0 unspecified atom stereocenters. The lowest BCUT2D eigenvalue weighted by atomic mass is 10.5. The van der Waals surface area contributed by atoms with Crippen LogP contribution < -0.4 is 15.6 Å². The summed E-state index contributed by atoms with van der Waals surface area (Å²) >= 11 is 4.20. The molecule has 1 aromatic heterocycles. The zero-order valence-corrected chi connectivity index (χ0v) is 8.51. The van der Waals surface area contributed by atoms with Gasteiger partial charge >= 0.3 is 0 Å². The summed E-state index contributed by atoms with van der Waals surface area (Å²) in [6.07, 6.45) is 0. The number of allylic oxidation sites excluding steroid dienone is 1. The molecule has 12 heavy (non-hydrogen) atoms. The summed E-state index contributed by atoms with van der Waals surface area (Å²) < 4.78 is 13.5. The van der Waals surface area contributed by atoms with Gasteiger partial charge < -0.3 is 5.73 Å². The number of nitrogen functional groups attached to an aromatic ring is 1. The highest BCUT2D eigenvalue weighted by Crippen LogP contribution is 2.16. The molecule has 0 bridgehead atoms. The smallest absolute Gasteiger partial charge is 0.181 e. The molecular formula is C7H6BrFN2S. The first kappa shape index (κ1) is 9.41. The SMILES string of the molecule is C=C(F)/C(Br)=c1/sc(N)nc1=C. The van der Waals surface area contributed by atoms with Gasteiger partial charge in [-0.05, 0) is 15.9 Å². The van der Waals surface area contributed by atoms with Gasteiger partial charge in [0.2, 0.25) is 0 Å². The van der Waals surface area contributed by atoms with Gasteiger partial charge in [0.15, 0.2) is 5.13 Å². The third-order valence-electron chi connectivity index (χ3n) is 1.15. The fourth-order valence-corrected chi connectivity index (χ4v) is 1.87. The molecule has 0 aliphatic heterocycles. The van der Waals surface area contributed by atoms with E-state index in [1.807, 2.05) is 0 Å². The normalized spacial score (nSPS) is 12.8. The third-order valence-corrected chi connectivity index (χ3v) is 3.18. The number of aromatic nitrogens is 1. The molecule has 1 aromatic rings. The summed E-state index contributed by atoms with van der Waals surface area (Å²) in [5.74, 6) is -0.552. The van der Waals surface area contributed by atoms with Crippen LogP contribution in [0, 0.1) is 0 Å². The average Bonchev–Trinajstić information content (AvgIpc) is 2.28. The maximum Gasteiger partial charge on any atom is 0.181 e. The highest BCUT2D eigenvalue weighted by Gasteiger charge is 2.02. The molecule has 0 aliphatic rings. The van der Waals surface area contributed by atoms with E-state index in [0.29, 0.717) is 15.0 Å². The molecule has 0 amide bonds. The lowest BCUT2D eigenvalue weighted by Crippen LogP contribution is -2.20. The number of nitrogens with two attached hydrogens (primary N) is 1. The van der Waals surface area contributed by atoms with Gasteiger partial charge in [0.05, 0.1) is 14.4 Å². The summed E-state index contributed by atoms with van der Waals surface area (Å²) in [5.41, 5.74) is 5.40. The Kier molecular flexibility index (Phi) is 2.64. The van der Waals surface area contributed by atoms with Crippen molar-refractivity contribution in [2.24, 2.45) is 0 Å². The number of halogens is 2. The van der Waals surface area contributed by atoms with Gasteiger partial charge in [-0.2, -0.15) is 0 Å². The van der Waals surface area contributed by atoms with Gasteiger partial charge in [-0.25, -0.2) is 9.37 Å². The first-order chi connectivity index (χ1) is 5.52. The second-order valence-electron chi connectivity index (χ2n) is 2.05. The fourth-order valence-electron chi connectivity index (χ4n) is 0.665. The second kappa shape index (κ2) is 3.37. The predicted molar refractivity (Wildman–Crippen MR) is 53.9 cm³/mol. The van der Waals surface area contributed by atoms with Gasteiger partial charge in [0.25, 0.3) is 0 Å². The van der Waals surface area contributed by atoms with Crippen LogP contribution in [0.2, 0.25) is 0 Å². The zero-order chi connectivity index (χ0) is 9.30. The van der Waals surface area contributed by atoms with Crippen LogP contribution in [0.25, 0.3) is 11.1 Å². The number of nitrogens with zero attached hydrogens (tertiary/aromatic N) is 1. The Balaban J connectivity index is 3.55. The Bertz CT molecular complexity index is 423. The van der Waals surface area contributed by atoms with E-state index in [2.05, 4.69) is 34.1 Å². The Hall–Kier alpha value is -0.680. The van der Waals surface area contributed by atoms with Crippen LogP contribution in [0.3, 0.4) is 0 Å². The molecule has 1 heterocycles. The predicted octanol–water partition coefficient (Wildman–Crippen LogP) is 1.12. The van der Waals surface area contributed by atoms with Crippen LogP contribution >= 0.6 is 27.3 Å². The average molecular weight is 249 g/mol. The molecular weight excluding hydrogens is 243 g/mol. The van der Waals surface area contributed by atoms with Crippen molar-refractivity contribution in [3.05, 3.63) is 22.3 Å². The van der Waals surface area contributed by atoms with Crippen LogP contribution in [0.1, 0.15) is 0 Å². The zero-order valence-electron chi connectivity index (χ0n) is 6.10. The Morgan fingerprint density at radius 3 is 2.58 bits per heavy atom. The van der Waals surface area contributed by atoms with E-state index in [1.54, 1.807) is 0 Å². The van der Waals surface area contributed by atoms with Crippen molar-refractivity contribution in [2.45, 2.75) is 0 Å². The van der Waals surface area contributed by atoms with Gasteiger partial charge in [-0.3, -0.25) is 0 Å². The highest BCUT2D eigenvalue weighted by atomic mass is 79.9. The lowest BCUT2D eigenvalue weighted by molar-refractivity contribution is 0.682. The van der Waals surface area contributed by atoms with Crippen molar-refractivity contribution in [3.63, 3.8) is 0 Å². The van der Waals surface area contributed by atoms with Crippen LogP contribution in [0.5, 0.6) is 0 Å². The van der Waals surface area contributed by atoms with Crippen molar-refractivity contribution in [1.82, 2.24) is 4.98 Å². The van der Waals surface area contributed by atoms with E-state index < -0.39 is 5.83 Å². The van der Waals surface area contributed by atoms with E-state index in [9.17, 15) is 4.39 Å². The Labute approximate surface area is 81.1 Å². The molecule has 2 nitrogen and oxygen atoms in total. The molecule has 0 spiro atoms. The molecule has 0 saturated heterocycles. The van der Waals surface area contributed by atoms with Gasteiger partial charge in [0, 0.05) is 0 Å². The van der Waals surface area contributed by atoms with Crippen LogP contribution in [0.4, 0.5) is 9.52 Å². The Morgan fingerprint density at radius 1 is 1.67 bits per heavy atom. The lowest BCUT2D eigenvalue weighted by Gasteiger charge is -1.87. The van der Waals surface area contributed by atoms with Gasteiger partial charge in [-0.1, -0.05) is 24.5 Å². The standard InChI is InChI=1S/C7H6BrFN2S/c1-3(9)5(8)6-4(2)11-7(10)12-6/h1-2H2,(H2,10,11)/b6-5-. The number of thiazole rings is 1.